The Labute approximate surface area is 169 Å². The molecule has 1 heterocycles. The summed E-state index contributed by atoms with van der Waals surface area (Å²) < 4.78 is 25.3. The quantitative estimate of drug-likeness (QED) is 0.622. The highest BCUT2D eigenvalue weighted by molar-refractivity contribution is 8.00. The molecule has 1 aromatic heterocycles. The lowest BCUT2D eigenvalue weighted by Crippen LogP contribution is -2.23. The summed E-state index contributed by atoms with van der Waals surface area (Å²) in [6.07, 6.45) is 0. The van der Waals surface area contributed by atoms with Crippen molar-refractivity contribution in [2.45, 2.75) is 22.1 Å². The van der Waals surface area contributed by atoms with Gasteiger partial charge in [-0.2, -0.15) is 0 Å². The number of sulfonamides is 1. The van der Waals surface area contributed by atoms with E-state index < -0.39 is 10.0 Å². The lowest BCUT2D eigenvalue weighted by molar-refractivity contribution is -0.115. The van der Waals surface area contributed by atoms with Crippen LogP contribution in [-0.4, -0.2) is 43.0 Å². The van der Waals surface area contributed by atoms with Crippen molar-refractivity contribution >= 4 is 44.3 Å². The van der Waals surface area contributed by atoms with Crippen molar-refractivity contribution in [1.82, 2.24) is 9.29 Å². The molecule has 0 fully saturated rings. The highest BCUT2D eigenvalue weighted by Crippen LogP contribution is 2.25. The molecule has 2 aromatic carbocycles. The van der Waals surface area contributed by atoms with Gasteiger partial charge in [0.25, 0.3) is 0 Å². The Morgan fingerprint density at radius 3 is 2.39 bits per heavy atom. The van der Waals surface area contributed by atoms with Crippen LogP contribution in [0.5, 0.6) is 0 Å². The van der Waals surface area contributed by atoms with E-state index in [1.165, 1.54) is 38.0 Å². The Morgan fingerprint density at radius 1 is 1.04 bits per heavy atom. The minimum Gasteiger partial charge on any atom is -0.325 e. The lowest BCUT2D eigenvalue weighted by atomic mass is 10.2. The van der Waals surface area contributed by atoms with E-state index >= 15 is 0 Å². The smallest absolute Gasteiger partial charge is 0.242 e. The molecule has 0 aliphatic carbocycles. The summed E-state index contributed by atoms with van der Waals surface area (Å²) in [5.74, 6) is -0.178. The van der Waals surface area contributed by atoms with E-state index in [0.29, 0.717) is 5.69 Å². The van der Waals surface area contributed by atoms with Crippen LogP contribution < -0.4 is 5.32 Å². The minimum atomic E-state index is -3.49. The molecule has 8 heteroatoms. The number of fused-ring (bicyclic) bond motifs is 1. The Balaban J connectivity index is 1.66. The number of anilines is 1. The SMILES string of the molecule is CC(Sc1ccc2ccccc2n1)C(=O)Nc1ccc(S(=O)(=O)N(C)C)cc1. The molecule has 0 aliphatic heterocycles. The van der Waals surface area contributed by atoms with Crippen LogP contribution in [0, 0.1) is 0 Å². The average Bonchev–Trinajstić information content (AvgIpc) is 2.68. The summed E-state index contributed by atoms with van der Waals surface area (Å²) >= 11 is 1.37. The Bertz CT molecular complexity index is 1100. The monoisotopic (exact) mass is 415 g/mol. The first-order valence-electron chi connectivity index (χ1n) is 8.63. The molecular formula is C20H21N3O3S2. The summed E-state index contributed by atoms with van der Waals surface area (Å²) in [4.78, 5) is 17.2. The molecule has 0 aliphatic rings. The normalized spacial score (nSPS) is 12.9. The maximum Gasteiger partial charge on any atom is 0.242 e. The first-order valence-corrected chi connectivity index (χ1v) is 11.0. The molecule has 146 valence electrons. The van der Waals surface area contributed by atoms with E-state index in [1.54, 1.807) is 12.1 Å². The second-order valence-corrected chi connectivity index (χ2v) is 9.92. The van der Waals surface area contributed by atoms with E-state index in [0.717, 1.165) is 20.2 Å². The van der Waals surface area contributed by atoms with Gasteiger partial charge in [-0.1, -0.05) is 36.0 Å². The van der Waals surface area contributed by atoms with Crippen molar-refractivity contribution in [1.29, 1.82) is 0 Å². The third kappa shape index (κ3) is 4.52. The standard InChI is InChI=1S/C20H21N3O3S2/c1-14(27-19-13-8-15-6-4-5-7-18(15)22-19)20(24)21-16-9-11-17(12-10-16)28(25,26)23(2)3/h4-14H,1-3H3,(H,21,24). The molecule has 0 saturated heterocycles. The highest BCUT2D eigenvalue weighted by atomic mass is 32.2. The van der Waals surface area contributed by atoms with Crippen LogP contribution in [0.4, 0.5) is 5.69 Å². The number of thioether (sulfide) groups is 1. The third-order valence-electron chi connectivity index (χ3n) is 4.14. The fourth-order valence-electron chi connectivity index (χ4n) is 2.51. The number of hydrogen-bond donors (Lipinski definition) is 1. The van der Waals surface area contributed by atoms with Crippen LogP contribution in [-0.2, 0) is 14.8 Å². The number of rotatable bonds is 6. The van der Waals surface area contributed by atoms with E-state index in [4.69, 9.17) is 0 Å². The van der Waals surface area contributed by atoms with Crippen molar-refractivity contribution < 1.29 is 13.2 Å². The molecule has 0 radical (unpaired) electrons. The Morgan fingerprint density at radius 2 is 1.71 bits per heavy atom. The van der Waals surface area contributed by atoms with E-state index in [2.05, 4.69) is 10.3 Å². The second-order valence-electron chi connectivity index (χ2n) is 6.40. The summed E-state index contributed by atoms with van der Waals surface area (Å²) in [6, 6.07) is 17.8. The molecule has 0 saturated carbocycles. The molecule has 28 heavy (non-hydrogen) atoms. The van der Waals surface area contributed by atoms with E-state index in [-0.39, 0.29) is 16.1 Å². The molecule has 3 aromatic rings. The largest absolute Gasteiger partial charge is 0.325 e. The van der Waals surface area contributed by atoms with Gasteiger partial charge in [-0.15, -0.1) is 0 Å². The van der Waals surface area contributed by atoms with E-state index in [1.807, 2.05) is 43.3 Å². The first kappa shape index (κ1) is 20.3. The molecule has 1 unspecified atom stereocenters. The number of nitrogens with zero attached hydrogens (tertiary/aromatic N) is 2. The van der Waals surface area contributed by atoms with Crippen LogP contribution in [0.25, 0.3) is 10.9 Å². The number of amides is 1. The van der Waals surface area contributed by atoms with Crippen molar-refractivity contribution in [2.75, 3.05) is 19.4 Å². The number of aromatic nitrogens is 1. The zero-order chi connectivity index (χ0) is 20.3. The van der Waals surface area contributed by atoms with Crippen LogP contribution in [0.1, 0.15) is 6.92 Å². The Kier molecular flexibility index (Phi) is 6.02. The Hall–Kier alpha value is -2.42. The lowest BCUT2D eigenvalue weighted by Gasteiger charge is -2.14. The topological polar surface area (TPSA) is 79.4 Å². The van der Waals surface area contributed by atoms with Gasteiger partial charge < -0.3 is 5.32 Å². The number of carbonyl (C=O) groups excluding carboxylic acids is 1. The molecule has 0 spiro atoms. The van der Waals surface area contributed by atoms with Crippen molar-refractivity contribution in [3.63, 3.8) is 0 Å². The molecule has 3 rings (SSSR count). The van der Waals surface area contributed by atoms with Crippen molar-refractivity contribution in [2.24, 2.45) is 0 Å². The van der Waals surface area contributed by atoms with Gasteiger partial charge in [-0.3, -0.25) is 4.79 Å². The molecule has 6 nitrogen and oxygen atoms in total. The molecule has 1 amide bonds. The van der Waals surface area contributed by atoms with Gasteiger partial charge in [0.1, 0.15) is 0 Å². The van der Waals surface area contributed by atoms with Crippen molar-refractivity contribution in [3.8, 4) is 0 Å². The highest BCUT2D eigenvalue weighted by Gasteiger charge is 2.18. The minimum absolute atomic E-state index is 0.178. The number of hydrogen-bond acceptors (Lipinski definition) is 5. The fraction of sp³-hybridized carbons (Fsp3) is 0.200. The predicted octanol–water partition coefficient (Wildman–Crippen LogP) is 3.60. The number of nitrogens with one attached hydrogen (secondary N) is 1. The predicted molar refractivity (Wildman–Crippen MR) is 113 cm³/mol. The molecular weight excluding hydrogens is 394 g/mol. The van der Waals surface area contributed by atoms with Gasteiger partial charge in [-0.25, -0.2) is 17.7 Å². The van der Waals surface area contributed by atoms with Crippen LogP contribution in [0.3, 0.4) is 0 Å². The van der Waals surface area contributed by atoms with Crippen molar-refractivity contribution in [3.05, 3.63) is 60.7 Å². The van der Waals surface area contributed by atoms with Crippen LogP contribution in [0.15, 0.2) is 70.6 Å². The first-order chi connectivity index (χ1) is 13.3. The zero-order valence-corrected chi connectivity index (χ0v) is 17.4. The van der Waals surface area contributed by atoms with Gasteiger partial charge in [0.15, 0.2) is 0 Å². The zero-order valence-electron chi connectivity index (χ0n) is 15.8. The number of pyridine rings is 1. The van der Waals surface area contributed by atoms with Gasteiger partial charge in [0, 0.05) is 25.2 Å². The van der Waals surface area contributed by atoms with Gasteiger partial charge >= 0.3 is 0 Å². The average molecular weight is 416 g/mol. The number of para-hydroxylation sites is 1. The summed E-state index contributed by atoms with van der Waals surface area (Å²) in [5, 5.41) is 4.27. The summed E-state index contributed by atoms with van der Waals surface area (Å²) in [6.45, 7) is 1.81. The number of carbonyl (C=O) groups is 1. The van der Waals surface area contributed by atoms with E-state index in [9.17, 15) is 13.2 Å². The molecule has 0 bridgehead atoms. The molecule has 1 N–H and O–H groups in total. The maximum atomic E-state index is 12.5. The second kappa shape index (κ2) is 8.30. The van der Waals surface area contributed by atoms with Gasteiger partial charge in [-0.05, 0) is 43.3 Å². The maximum absolute atomic E-state index is 12.5. The summed E-state index contributed by atoms with van der Waals surface area (Å²) in [7, 11) is -0.535. The van der Waals surface area contributed by atoms with Crippen LogP contribution >= 0.6 is 11.8 Å². The molecule has 1 atom stereocenters. The fourth-order valence-corrected chi connectivity index (χ4v) is 4.24. The summed E-state index contributed by atoms with van der Waals surface area (Å²) in [5.41, 5.74) is 1.43. The third-order valence-corrected chi connectivity index (χ3v) is 7.01. The van der Waals surface area contributed by atoms with Crippen LogP contribution in [0.2, 0.25) is 0 Å². The number of benzene rings is 2. The van der Waals surface area contributed by atoms with Gasteiger partial charge in [0.05, 0.1) is 20.7 Å². The van der Waals surface area contributed by atoms with Gasteiger partial charge in [0.2, 0.25) is 15.9 Å².